The number of β-amino-alcohol motifs (C(OH)–C–C–N with tert-alkyl or cyclic N) is 1. The molecule has 1 N–H and O–H groups in total. The van der Waals surface area contributed by atoms with E-state index < -0.39 is 0 Å². The zero-order chi connectivity index (χ0) is 15.7. The van der Waals surface area contributed by atoms with Crippen LogP contribution in [-0.2, 0) is 0 Å². The van der Waals surface area contributed by atoms with Gasteiger partial charge >= 0.3 is 0 Å². The molecule has 0 radical (unpaired) electrons. The van der Waals surface area contributed by atoms with Crippen molar-refractivity contribution in [3.05, 3.63) is 0 Å². The van der Waals surface area contributed by atoms with E-state index in [-0.39, 0.29) is 5.60 Å². The van der Waals surface area contributed by atoms with Gasteiger partial charge in [0.15, 0.2) is 0 Å². The minimum Gasteiger partial charge on any atom is -0.389 e. The molecule has 4 rings (SSSR count). The monoisotopic (exact) mass is 321 g/mol. The van der Waals surface area contributed by atoms with E-state index in [0.29, 0.717) is 0 Å². The van der Waals surface area contributed by atoms with Crippen LogP contribution in [0.5, 0.6) is 0 Å². The van der Waals surface area contributed by atoms with Crippen molar-refractivity contribution in [1.29, 1.82) is 0 Å². The Morgan fingerprint density at radius 2 is 1.30 bits per heavy atom. The van der Waals surface area contributed by atoms with Gasteiger partial charge < -0.3 is 5.11 Å². The lowest BCUT2D eigenvalue weighted by Gasteiger charge is -2.50. The van der Waals surface area contributed by atoms with Crippen molar-refractivity contribution in [2.75, 3.05) is 45.8 Å². The summed E-state index contributed by atoms with van der Waals surface area (Å²) in [5.74, 6) is 0. The number of hydrogen-bond donors (Lipinski definition) is 1. The average Bonchev–Trinajstić information content (AvgIpc) is 2.98. The van der Waals surface area contributed by atoms with Gasteiger partial charge in [-0.25, -0.2) is 0 Å². The Balaban J connectivity index is 1.17. The summed E-state index contributed by atoms with van der Waals surface area (Å²) in [4.78, 5) is 7.98. The van der Waals surface area contributed by atoms with Crippen molar-refractivity contribution in [1.82, 2.24) is 14.7 Å². The highest BCUT2D eigenvalue weighted by Crippen LogP contribution is 2.32. The first-order chi connectivity index (χ1) is 11.2. The zero-order valence-corrected chi connectivity index (χ0v) is 14.8. The van der Waals surface area contributed by atoms with Gasteiger partial charge in [-0.15, -0.1) is 0 Å². The molecule has 0 aromatic rings. The summed E-state index contributed by atoms with van der Waals surface area (Å²) in [6, 6.07) is 1.65. The number of hydrogen-bond acceptors (Lipinski definition) is 4. The molecule has 2 heterocycles. The van der Waals surface area contributed by atoms with Gasteiger partial charge in [-0.2, -0.15) is 0 Å². The SMILES string of the molecule is OC1(CN2CC(N3CCN(C4CCCCC4)CC3)C2)CCCC1. The molecule has 23 heavy (non-hydrogen) atoms. The summed E-state index contributed by atoms with van der Waals surface area (Å²) < 4.78 is 0. The second kappa shape index (κ2) is 6.99. The molecule has 0 aromatic heterocycles. The molecule has 0 amide bonds. The zero-order valence-electron chi connectivity index (χ0n) is 14.8. The highest BCUT2D eigenvalue weighted by molar-refractivity contribution is 4.96. The molecule has 4 heteroatoms. The number of likely N-dealkylation sites (tertiary alicyclic amines) is 1. The Labute approximate surface area is 141 Å². The molecule has 0 bridgehead atoms. The third kappa shape index (κ3) is 3.76. The van der Waals surface area contributed by atoms with Crippen LogP contribution < -0.4 is 0 Å². The molecule has 4 nitrogen and oxygen atoms in total. The van der Waals surface area contributed by atoms with Crippen LogP contribution in [0.3, 0.4) is 0 Å². The van der Waals surface area contributed by atoms with Crippen LogP contribution in [0.25, 0.3) is 0 Å². The van der Waals surface area contributed by atoms with Crippen molar-refractivity contribution in [3.63, 3.8) is 0 Å². The number of nitrogens with zero attached hydrogens (tertiary/aromatic N) is 3. The molecule has 0 aromatic carbocycles. The fourth-order valence-electron chi connectivity index (χ4n) is 5.42. The second-order valence-electron chi connectivity index (χ2n) is 8.64. The second-order valence-corrected chi connectivity index (χ2v) is 8.64. The Bertz CT molecular complexity index is 376. The largest absolute Gasteiger partial charge is 0.389 e. The summed E-state index contributed by atoms with van der Waals surface area (Å²) in [6.45, 7) is 8.39. The summed E-state index contributed by atoms with van der Waals surface area (Å²) in [5, 5.41) is 10.5. The molecule has 0 atom stereocenters. The smallest absolute Gasteiger partial charge is 0.0774 e. The van der Waals surface area contributed by atoms with Gasteiger partial charge in [0, 0.05) is 57.9 Å². The Hall–Kier alpha value is -0.160. The molecule has 2 aliphatic heterocycles. The Kier molecular flexibility index (Phi) is 4.96. The molecule has 0 unspecified atom stereocenters. The van der Waals surface area contributed by atoms with Crippen LogP contribution in [-0.4, -0.2) is 83.3 Å². The van der Waals surface area contributed by atoms with Crippen molar-refractivity contribution in [2.24, 2.45) is 0 Å². The molecule has 4 aliphatic rings. The summed E-state index contributed by atoms with van der Waals surface area (Å²) in [5.41, 5.74) is -0.356. The first-order valence-corrected chi connectivity index (χ1v) is 10.1. The highest BCUT2D eigenvalue weighted by atomic mass is 16.3. The lowest BCUT2D eigenvalue weighted by molar-refractivity contribution is -0.0533. The minimum absolute atomic E-state index is 0.356. The molecule has 2 saturated carbocycles. The summed E-state index contributed by atoms with van der Waals surface area (Å²) in [6.07, 6.45) is 11.7. The van der Waals surface area contributed by atoms with E-state index in [4.69, 9.17) is 0 Å². The molecule has 2 saturated heterocycles. The first-order valence-electron chi connectivity index (χ1n) is 10.1. The van der Waals surface area contributed by atoms with E-state index in [1.807, 2.05) is 0 Å². The van der Waals surface area contributed by atoms with Gasteiger partial charge in [0.2, 0.25) is 0 Å². The molecule has 132 valence electrons. The van der Waals surface area contributed by atoms with Crippen molar-refractivity contribution >= 4 is 0 Å². The number of rotatable bonds is 4. The number of piperazine rings is 1. The topological polar surface area (TPSA) is 30.0 Å². The van der Waals surface area contributed by atoms with Gasteiger partial charge in [-0.05, 0) is 25.7 Å². The average molecular weight is 322 g/mol. The van der Waals surface area contributed by atoms with Gasteiger partial charge in [-0.1, -0.05) is 32.1 Å². The van der Waals surface area contributed by atoms with Crippen molar-refractivity contribution in [3.8, 4) is 0 Å². The van der Waals surface area contributed by atoms with E-state index in [2.05, 4.69) is 14.7 Å². The third-order valence-electron chi connectivity index (χ3n) is 6.95. The third-order valence-corrected chi connectivity index (χ3v) is 6.95. The molecular formula is C19H35N3O. The standard InChI is InChI=1S/C19H35N3O/c23-19(8-4-5-9-19)16-20-14-18(15-20)22-12-10-21(11-13-22)17-6-2-1-3-7-17/h17-18,23H,1-16H2. The van der Waals surface area contributed by atoms with E-state index in [9.17, 15) is 5.11 Å². The maximum absolute atomic E-state index is 10.5. The predicted molar refractivity (Wildman–Crippen MR) is 93.7 cm³/mol. The van der Waals surface area contributed by atoms with Crippen molar-refractivity contribution in [2.45, 2.75) is 75.5 Å². The first kappa shape index (κ1) is 16.3. The van der Waals surface area contributed by atoms with Crippen LogP contribution in [0.15, 0.2) is 0 Å². The predicted octanol–water partition coefficient (Wildman–Crippen LogP) is 1.93. The van der Waals surface area contributed by atoms with Crippen LogP contribution in [0.2, 0.25) is 0 Å². The van der Waals surface area contributed by atoms with Crippen LogP contribution in [0.1, 0.15) is 57.8 Å². The lowest BCUT2D eigenvalue weighted by atomic mass is 9.93. The maximum Gasteiger partial charge on any atom is 0.0774 e. The fraction of sp³-hybridized carbons (Fsp3) is 1.00. The normalized spacial score (nSPS) is 32.2. The van der Waals surface area contributed by atoms with Gasteiger partial charge in [0.05, 0.1) is 5.60 Å². The maximum atomic E-state index is 10.5. The van der Waals surface area contributed by atoms with E-state index in [0.717, 1.165) is 31.5 Å². The molecule has 2 aliphatic carbocycles. The summed E-state index contributed by atoms with van der Waals surface area (Å²) >= 11 is 0. The lowest BCUT2D eigenvalue weighted by Crippen LogP contribution is -2.65. The van der Waals surface area contributed by atoms with Crippen LogP contribution in [0.4, 0.5) is 0 Å². The van der Waals surface area contributed by atoms with E-state index in [1.54, 1.807) is 0 Å². The van der Waals surface area contributed by atoms with Crippen molar-refractivity contribution < 1.29 is 5.11 Å². The minimum atomic E-state index is -0.356. The fourth-order valence-corrected chi connectivity index (χ4v) is 5.42. The Morgan fingerprint density at radius 1 is 0.739 bits per heavy atom. The number of aliphatic hydroxyl groups is 1. The van der Waals surface area contributed by atoms with Gasteiger partial charge in [0.1, 0.15) is 0 Å². The van der Waals surface area contributed by atoms with E-state index >= 15 is 0 Å². The molecule has 0 spiro atoms. The van der Waals surface area contributed by atoms with Crippen LogP contribution >= 0.6 is 0 Å². The van der Waals surface area contributed by atoms with E-state index in [1.165, 1.54) is 84.2 Å². The Morgan fingerprint density at radius 3 is 1.91 bits per heavy atom. The summed E-state index contributed by atoms with van der Waals surface area (Å²) in [7, 11) is 0. The van der Waals surface area contributed by atoms with Crippen LogP contribution in [0, 0.1) is 0 Å². The molecular weight excluding hydrogens is 286 g/mol. The quantitative estimate of drug-likeness (QED) is 0.857. The van der Waals surface area contributed by atoms with Gasteiger partial charge in [0.25, 0.3) is 0 Å². The highest BCUT2D eigenvalue weighted by Gasteiger charge is 2.40. The van der Waals surface area contributed by atoms with Gasteiger partial charge in [-0.3, -0.25) is 14.7 Å². The molecule has 4 fully saturated rings.